The summed E-state index contributed by atoms with van der Waals surface area (Å²) in [6.45, 7) is 3.57. The fourth-order valence-electron chi connectivity index (χ4n) is 3.56. The first kappa shape index (κ1) is 28.3. The van der Waals surface area contributed by atoms with Crippen molar-refractivity contribution in [3.8, 4) is 11.5 Å². The van der Waals surface area contributed by atoms with E-state index in [4.69, 9.17) is 19.0 Å². The van der Waals surface area contributed by atoms with E-state index >= 15 is 0 Å². The van der Waals surface area contributed by atoms with E-state index in [1.54, 1.807) is 12.1 Å². The van der Waals surface area contributed by atoms with E-state index in [-0.39, 0.29) is 35.3 Å². The van der Waals surface area contributed by atoms with Crippen molar-refractivity contribution in [2.75, 3.05) is 27.2 Å². The topological polar surface area (TPSA) is 79.2 Å². The standard InChI is InChI=1S/C26H30NO5P.Na.H/c1-4-25(20-8-6-5-7-9-20)26(22-12-16-24(17-13-22)32-33(28,29)30)21-10-14-23(15-11-21)31-19-18-27(2)3;;/h5-17H,4,18-19H2,1-3H3,(H2,28,29,30);;/b26-25+;;. The Hall–Kier alpha value is -1.89. The third-order valence-corrected chi connectivity index (χ3v) is 5.54. The Morgan fingerprint density at radius 1 is 0.824 bits per heavy atom. The van der Waals surface area contributed by atoms with Crippen LogP contribution in [0.1, 0.15) is 30.0 Å². The van der Waals surface area contributed by atoms with Crippen molar-refractivity contribution in [3.63, 3.8) is 0 Å². The zero-order valence-electron chi connectivity index (χ0n) is 19.1. The monoisotopic (exact) mass is 491 g/mol. The Bertz CT molecular complexity index is 1110. The molecule has 8 heteroatoms. The first-order valence-corrected chi connectivity index (χ1v) is 12.3. The number of allylic oxidation sites excluding steroid dienone is 1. The second-order valence-electron chi connectivity index (χ2n) is 7.86. The third kappa shape index (κ3) is 8.40. The number of benzene rings is 3. The van der Waals surface area contributed by atoms with E-state index < -0.39 is 7.82 Å². The van der Waals surface area contributed by atoms with Crippen molar-refractivity contribution in [2.24, 2.45) is 0 Å². The molecule has 0 atom stereocenters. The molecule has 0 aliphatic carbocycles. The third-order valence-electron chi connectivity index (χ3n) is 5.10. The molecule has 3 aromatic rings. The Labute approximate surface area is 223 Å². The van der Waals surface area contributed by atoms with Crippen LogP contribution < -0.4 is 9.26 Å². The van der Waals surface area contributed by atoms with Gasteiger partial charge in [-0.1, -0.05) is 61.5 Å². The maximum atomic E-state index is 11.2. The van der Waals surface area contributed by atoms with Gasteiger partial charge in [0.25, 0.3) is 0 Å². The van der Waals surface area contributed by atoms with Crippen LogP contribution in [0.3, 0.4) is 0 Å². The summed E-state index contributed by atoms with van der Waals surface area (Å²) in [6.07, 6.45) is 0.807. The molecule has 3 aromatic carbocycles. The van der Waals surface area contributed by atoms with Crippen LogP contribution in [0, 0.1) is 0 Å². The average molecular weight is 492 g/mol. The zero-order valence-corrected chi connectivity index (χ0v) is 20.0. The number of hydrogen-bond donors (Lipinski definition) is 2. The van der Waals surface area contributed by atoms with E-state index in [9.17, 15) is 4.57 Å². The van der Waals surface area contributed by atoms with Gasteiger partial charge in [-0.15, -0.1) is 0 Å². The molecule has 0 radical (unpaired) electrons. The Morgan fingerprint density at radius 2 is 1.35 bits per heavy atom. The number of likely N-dealkylation sites (N-methyl/N-ethyl adjacent to an activating group) is 1. The molecule has 6 nitrogen and oxygen atoms in total. The van der Waals surface area contributed by atoms with Crippen LogP contribution in [0.5, 0.6) is 11.5 Å². The molecule has 0 spiro atoms. The summed E-state index contributed by atoms with van der Waals surface area (Å²) in [6, 6.07) is 25.0. The quantitative estimate of drug-likeness (QED) is 0.241. The second kappa shape index (κ2) is 13.3. The first-order chi connectivity index (χ1) is 15.8. The predicted molar refractivity (Wildman–Crippen MR) is 139 cm³/mol. The van der Waals surface area contributed by atoms with Gasteiger partial charge in [0, 0.05) is 6.54 Å². The first-order valence-electron chi connectivity index (χ1n) is 10.8. The SMILES string of the molecule is CC/C(=C(/c1ccc(OCCN(C)C)cc1)c1ccc(OP(=O)(O)O)cc1)c1ccccc1.[NaH]. The minimum absolute atomic E-state index is 0. The van der Waals surface area contributed by atoms with Crippen LogP contribution in [0.25, 0.3) is 11.1 Å². The number of ether oxygens (including phenoxy) is 1. The molecule has 0 bridgehead atoms. The molecule has 0 amide bonds. The molecule has 0 aromatic heterocycles. The molecule has 0 saturated carbocycles. The molecule has 0 saturated heterocycles. The molecule has 0 heterocycles. The van der Waals surface area contributed by atoms with Gasteiger partial charge in [0.1, 0.15) is 18.1 Å². The van der Waals surface area contributed by atoms with E-state index in [1.165, 1.54) is 5.57 Å². The molecular formula is C26H31NNaO5P. The van der Waals surface area contributed by atoms with Crippen LogP contribution in [-0.4, -0.2) is 71.5 Å². The van der Waals surface area contributed by atoms with Crippen molar-refractivity contribution in [3.05, 3.63) is 95.6 Å². The summed E-state index contributed by atoms with van der Waals surface area (Å²) in [5.74, 6) is 0.928. The van der Waals surface area contributed by atoms with Crippen LogP contribution >= 0.6 is 7.82 Å². The molecule has 0 aliphatic rings. The van der Waals surface area contributed by atoms with Crippen LogP contribution in [0.4, 0.5) is 0 Å². The molecule has 2 N–H and O–H groups in total. The Balaban J connectivity index is 0.00000408. The van der Waals surface area contributed by atoms with Gasteiger partial charge in [-0.25, -0.2) is 4.57 Å². The van der Waals surface area contributed by atoms with E-state index in [0.29, 0.717) is 6.61 Å². The van der Waals surface area contributed by atoms with E-state index in [2.05, 4.69) is 24.0 Å². The number of nitrogens with zero attached hydrogens (tertiary/aromatic N) is 1. The van der Waals surface area contributed by atoms with Crippen molar-refractivity contribution in [1.82, 2.24) is 4.90 Å². The second-order valence-corrected chi connectivity index (χ2v) is 9.02. The fourth-order valence-corrected chi connectivity index (χ4v) is 3.96. The van der Waals surface area contributed by atoms with Crippen molar-refractivity contribution >= 4 is 48.5 Å². The van der Waals surface area contributed by atoms with Crippen LogP contribution in [0.15, 0.2) is 78.9 Å². The molecule has 34 heavy (non-hydrogen) atoms. The molecule has 3 rings (SSSR count). The molecule has 0 fully saturated rings. The van der Waals surface area contributed by atoms with Gasteiger partial charge in [0.05, 0.1) is 0 Å². The average Bonchev–Trinajstić information content (AvgIpc) is 2.78. The summed E-state index contributed by atoms with van der Waals surface area (Å²) >= 11 is 0. The predicted octanol–water partition coefficient (Wildman–Crippen LogP) is 4.82. The van der Waals surface area contributed by atoms with Crippen molar-refractivity contribution in [2.45, 2.75) is 13.3 Å². The number of hydrogen-bond acceptors (Lipinski definition) is 4. The van der Waals surface area contributed by atoms with Gasteiger partial charge in [0.15, 0.2) is 0 Å². The molecule has 0 unspecified atom stereocenters. The minimum atomic E-state index is -4.61. The maximum absolute atomic E-state index is 11.2. The van der Waals surface area contributed by atoms with Gasteiger partial charge in [0.2, 0.25) is 0 Å². The fraction of sp³-hybridized carbons (Fsp3) is 0.231. The van der Waals surface area contributed by atoms with Crippen molar-refractivity contribution in [1.29, 1.82) is 0 Å². The van der Waals surface area contributed by atoms with Crippen LogP contribution in [-0.2, 0) is 4.57 Å². The summed E-state index contributed by atoms with van der Waals surface area (Å²) in [7, 11) is -0.588. The van der Waals surface area contributed by atoms with E-state index in [1.807, 2.05) is 68.7 Å². The van der Waals surface area contributed by atoms with E-state index in [0.717, 1.165) is 41.0 Å². The Kier molecular flexibility index (Phi) is 11.1. The number of phosphoric acid groups is 1. The normalized spacial score (nSPS) is 12.1. The van der Waals surface area contributed by atoms with Gasteiger partial charge in [-0.05, 0) is 72.6 Å². The van der Waals surface area contributed by atoms with Crippen molar-refractivity contribution < 1.29 is 23.6 Å². The molecular weight excluding hydrogens is 460 g/mol. The zero-order chi connectivity index (χ0) is 23.8. The number of phosphoric ester groups is 1. The van der Waals surface area contributed by atoms with Crippen LogP contribution in [0.2, 0.25) is 0 Å². The van der Waals surface area contributed by atoms with Gasteiger partial charge in [-0.3, -0.25) is 9.79 Å². The van der Waals surface area contributed by atoms with Gasteiger partial charge >= 0.3 is 37.4 Å². The Morgan fingerprint density at radius 3 is 1.82 bits per heavy atom. The summed E-state index contributed by atoms with van der Waals surface area (Å²) in [5, 5.41) is 0. The molecule has 0 aliphatic heterocycles. The van der Waals surface area contributed by atoms with Gasteiger partial charge in [-0.2, -0.15) is 0 Å². The number of rotatable bonds is 10. The molecule has 176 valence electrons. The summed E-state index contributed by atoms with van der Waals surface area (Å²) in [4.78, 5) is 20.2. The van der Waals surface area contributed by atoms with Gasteiger partial charge < -0.3 is 14.2 Å². The summed E-state index contributed by atoms with van der Waals surface area (Å²) in [5.41, 5.74) is 5.29. The summed E-state index contributed by atoms with van der Waals surface area (Å²) < 4.78 is 21.7.